The average molecular weight is 284 g/mol. The van der Waals surface area contributed by atoms with Gasteiger partial charge in [-0.15, -0.1) is 11.8 Å². The minimum absolute atomic E-state index is 0.703. The second-order valence-electron chi connectivity index (χ2n) is 3.56. The fraction of sp³-hybridized carbons (Fsp3) is 0.0769. The van der Waals surface area contributed by atoms with Crippen LogP contribution in [0.25, 0.3) is 0 Å². The molecule has 0 amide bonds. The maximum atomic E-state index is 6.10. The van der Waals surface area contributed by atoms with E-state index in [2.05, 4.69) is 0 Å². The summed E-state index contributed by atoms with van der Waals surface area (Å²) in [6.07, 6.45) is 0. The van der Waals surface area contributed by atoms with Crippen LogP contribution in [0.15, 0.2) is 47.4 Å². The second kappa shape index (κ2) is 5.67. The third-order valence-electron chi connectivity index (χ3n) is 2.30. The summed E-state index contributed by atoms with van der Waals surface area (Å²) in [5.41, 5.74) is 7.45. The number of hydrogen-bond donors (Lipinski definition) is 1. The minimum atomic E-state index is 0.703. The molecule has 0 aliphatic carbocycles. The number of nitrogen functional groups attached to an aromatic ring is 1. The molecule has 0 bridgehead atoms. The molecule has 0 fully saturated rings. The zero-order chi connectivity index (χ0) is 12.3. The zero-order valence-corrected chi connectivity index (χ0v) is 11.3. The number of thioether (sulfide) groups is 1. The van der Waals surface area contributed by atoms with Crippen molar-refractivity contribution in [2.24, 2.45) is 0 Å². The minimum Gasteiger partial charge on any atom is -0.399 e. The summed E-state index contributed by atoms with van der Waals surface area (Å²) in [7, 11) is 0. The van der Waals surface area contributed by atoms with Crippen LogP contribution in [-0.2, 0) is 5.75 Å². The van der Waals surface area contributed by atoms with Gasteiger partial charge >= 0.3 is 0 Å². The Morgan fingerprint density at radius 2 is 1.65 bits per heavy atom. The van der Waals surface area contributed by atoms with E-state index in [4.69, 9.17) is 28.9 Å². The fourth-order valence-electron chi connectivity index (χ4n) is 1.43. The van der Waals surface area contributed by atoms with E-state index in [1.165, 1.54) is 0 Å². The van der Waals surface area contributed by atoms with E-state index >= 15 is 0 Å². The normalized spacial score (nSPS) is 10.5. The van der Waals surface area contributed by atoms with Gasteiger partial charge in [-0.05, 0) is 35.9 Å². The molecule has 0 saturated heterocycles. The molecule has 0 heterocycles. The Labute approximate surface area is 115 Å². The molecule has 17 heavy (non-hydrogen) atoms. The molecule has 0 aromatic heterocycles. The lowest BCUT2D eigenvalue weighted by Gasteiger charge is -2.07. The van der Waals surface area contributed by atoms with E-state index in [-0.39, 0.29) is 0 Å². The highest BCUT2D eigenvalue weighted by Crippen LogP contribution is 2.31. The van der Waals surface area contributed by atoms with E-state index in [0.29, 0.717) is 10.0 Å². The van der Waals surface area contributed by atoms with E-state index in [0.717, 1.165) is 21.9 Å². The van der Waals surface area contributed by atoms with Crippen molar-refractivity contribution in [2.75, 3.05) is 5.73 Å². The van der Waals surface area contributed by atoms with Crippen molar-refractivity contribution in [3.05, 3.63) is 58.1 Å². The van der Waals surface area contributed by atoms with Crippen molar-refractivity contribution in [3.8, 4) is 0 Å². The molecular weight excluding hydrogens is 273 g/mol. The number of rotatable bonds is 3. The Balaban J connectivity index is 2.13. The predicted molar refractivity (Wildman–Crippen MR) is 76.9 cm³/mol. The molecule has 0 spiro atoms. The summed E-state index contributed by atoms with van der Waals surface area (Å²) in [5.74, 6) is 0.738. The number of nitrogens with two attached hydrogens (primary N) is 1. The standard InChI is InChI=1S/C13H11Cl2NS/c14-12-5-2-6-13(15)11(12)8-17-10-4-1-3-9(16)7-10/h1-7H,8,16H2. The van der Waals surface area contributed by atoms with Gasteiger partial charge in [-0.1, -0.05) is 35.3 Å². The summed E-state index contributed by atoms with van der Waals surface area (Å²) in [5, 5.41) is 1.41. The van der Waals surface area contributed by atoms with Crippen molar-refractivity contribution >= 4 is 40.7 Å². The van der Waals surface area contributed by atoms with Crippen LogP contribution in [0.1, 0.15) is 5.56 Å². The first-order chi connectivity index (χ1) is 8.16. The lowest BCUT2D eigenvalue weighted by atomic mass is 10.2. The molecule has 0 radical (unpaired) electrons. The van der Waals surface area contributed by atoms with E-state index in [9.17, 15) is 0 Å². The lowest BCUT2D eigenvalue weighted by Crippen LogP contribution is -1.86. The molecule has 88 valence electrons. The molecule has 1 nitrogen and oxygen atoms in total. The van der Waals surface area contributed by atoms with Crippen LogP contribution in [-0.4, -0.2) is 0 Å². The molecule has 2 rings (SSSR count). The maximum Gasteiger partial charge on any atom is 0.0461 e. The second-order valence-corrected chi connectivity index (χ2v) is 5.42. The Bertz CT molecular complexity index is 508. The van der Waals surface area contributed by atoms with Crippen molar-refractivity contribution < 1.29 is 0 Å². The first-order valence-corrected chi connectivity index (χ1v) is 6.82. The Kier molecular flexibility index (Phi) is 4.21. The summed E-state index contributed by atoms with van der Waals surface area (Å²) < 4.78 is 0. The third kappa shape index (κ3) is 3.32. The van der Waals surface area contributed by atoms with Gasteiger partial charge in [0.2, 0.25) is 0 Å². The SMILES string of the molecule is Nc1cccc(SCc2c(Cl)cccc2Cl)c1. The van der Waals surface area contributed by atoms with Gasteiger partial charge in [0, 0.05) is 26.4 Å². The van der Waals surface area contributed by atoms with Crippen LogP contribution in [0, 0.1) is 0 Å². The number of hydrogen-bond acceptors (Lipinski definition) is 2. The Morgan fingerprint density at radius 1 is 1.00 bits per heavy atom. The van der Waals surface area contributed by atoms with Gasteiger partial charge in [-0.3, -0.25) is 0 Å². The number of halogens is 2. The zero-order valence-electron chi connectivity index (χ0n) is 8.99. The van der Waals surface area contributed by atoms with Gasteiger partial charge in [0.25, 0.3) is 0 Å². The van der Waals surface area contributed by atoms with Gasteiger partial charge in [0.1, 0.15) is 0 Å². The number of anilines is 1. The summed E-state index contributed by atoms with van der Waals surface area (Å²) in [6, 6.07) is 13.3. The highest BCUT2D eigenvalue weighted by molar-refractivity contribution is 7.98. The van der Waals surface area contributed by atoms with E-state index in [1.54, 1.807) is 11.8 Å². The smallest absolute Gasteiger partial charge is 0.0461 e. The summed E-state index contributed by atoms with van der Waals surface area (Å²) in [6.45, 7) is 0. The molecule has 2 aromatic carbocycles. The van der Waals surface area contributed by atoms with Crippen LogP contribution in [0.2, 0.25) is 10.0 Å². The van der Waals surface area contributed by atoms with Crippen molar-refractivity contribution in [1.29, 1.82) is 0 Å². The van der Waals surface area contributed by atoms with Crippen molar-refractivity contribution in [3.63, 3.8) is 0 Å². The number of benzene rings is 2. The van der Waals surface area contributed by atoms with Crippen LogP contribution >= 0.6 is 35.0 Å². The maximum absolute atomic E-state index is 6.10. The average Bonchev–Trinajstić information content (AvgIpc) is 2.28. The van der Waals surface area contributed by atoms with Crippen LogP contribution in [0.4, 0.5) is 5.69 Å². The van der Waals surface area contributed by atoms with Gasteiger partial charge in [0.05, 0.1) is 0 Å². The lowest BCUT2D eigenvalue weighted by molar-refractivity contribution is 1.38. The largest absolute Gasteiger partial charge is 0.399 e. The Morgan fingerprint density at radius 3 is 2.29 bits per heavy atom. The summed E-state index contributed by atoms with van der Waals surface area (Å²) in [4.78, 5) is 1.11. The molecule has 0 aliphatic heterocycles. The van der Waals surface area contributed by atoms with Gasteiger partial charge < -0.3 is 5.73 Å². The van der Waals surface area contributed by atoms with Crippen LogP contribution in [0.5, 0.6) is 0 Å². The monoisotopic (exact) mass is 283 g/mol. The van der Waals surface area contributed by atoms with E-state index in [1.807, 2.05) is 42.5 Å². The van der Waals surface area contributed by atoms with Crippen LogP contribution in [0.3, 0.4) is 0 Å². The van der Waals surface area contributed by atoms with Gasteiger partial charge in [-0.2, -0.15) is 0 Å². The molecule has 4 heteroatoms. The Hall–Kier alpha value is -0.830. The molecule has 0 unspecified atom stereocenters. The molecule has 2 aromatic rings. The molecular formula is C13H11Cl2NS. The van der Waals surface area contributed by atoms with Gasteiger partial charge in [0.15, 0.2) is 0 Å². The van der Waals surface area contributed by atoms with Crippen molar-refractivity contribution in [2.45, 2.75) is 10.6 Å². The highest BCUT2D eigenvalue weighted by Gasteiger charge is 2.05. The molecule has 0 saturated carbocycles. The quantitative estimate of drug-likeness (QED) is 0.643. The molecule has 0 atom stereocenters. The summed E-state index contributed by atoms with van der Waals surface area (Å²) >= 11 is 13.9. The third-order valence-corrected chi connectivity index (χ3v) is 4.03. The highest BCUT2D eigenvalue weighted by atomic mass is 35.5. The first kappa shape index (κ1) is 12.6. The predicted octanol–water partition coefficient (Wildman–Crippen LogP) is 4.87. The van der Waals surface area contributed by atoms with Gasteiger partial charge in [-0.25, -0.2) is 0 Å². The topological polar surface area (TPSA) is 26.0 Å². The van der Waals surface area contributed by atoms with Crippen LogP contribution < -0.4 is 5.73 Å². The first-order valence-electron chi connectivity index (χ1n) is 5.08. The van der Waals surface area contributed by atoms with Crippen molar-refractivity contribution in [1.82, 2.24) is 0 Å². The molecule has 2 N–H and O–H groups in total. The fourth-order valence-corrected chi connectivity index (χ4v) is 3.14. The molecule has 0 aliphatic rings. The van der Waals surface area contributed by atoms with E-state index < -0.39 is 0 Å².